The summed E-state index contributed by atoms with van der Waals surface area (Å²) >= 11 is 0. The summed E-state index contributed by atoms with van der Waals surface area (Å²) in [5.74, 6) is 0. The molecule has 0 bridgehead atoms. The van der Waals surface area contributed by atoms with E-state index in [9.17, 15) is 0 Å². The summed E-state index contributed by atoms with van der Waals surface area (Å²) < 4.78 is 0. The fourth-order valence-electron chi connectivity index (χ4n) is 1.31. The summed E-state index contributed by atoms with van der Waals surface area (Å²) in [5.41, 5.74) is 0.568. The number of nitrogens with one attached hydrogen (secondary N) is 2. The molecule has 1 saturated heterocycles. The highest BCUT2D eigenvalue weighted by Gasteiger charge is 2.42. The molecule has 0 aromatic carbocycles. The van der Waals surface area contributed by atoms with Crippen LogP contribution in [0.2, 0.25) is 0 Å². The minimum atomic E-state index is 0.568. The van der Waals surface area contributed by atoms with Crippen molar-refractivity contribution in [3.8, 4) is 0 Å². The molecule has 2 N–H and O–H groups in total. The molecule has 0 atom stereocenters. The first-order valence-corrected chi connectivity index (χ1v) is 4.37. The average molecular weight is 142 g/mol. The van der Waals surface area contributed by atoms with Crippen molar-refractivity contribution in [1.29, 1.82) is 0 Å². The largest absolute Gasteiger partial charge is 0.314 e. The molecule has 1 heterocycles. The van der Waals surface area contributed by atoms with E-state index in [4.69, 9.17) is 0 Å². The van der Waals surface area contributed by atoms with Crippen molar-refractivity contribution in [3.05, 3.63) is 0 Å². The molecule has 2 aliphatic rings. The van der Waals surface area contributed by atoms with Crippen molar-refractivity contribution in [3.63, 3.8) is 0 Å². The molecular formula is C8H18N2. The summed E-state index contributed by atoms with van der Waals surface area (Å²) in [4.78, 5) is 0. The number of hydrogen-bond donors (Lipinski definition) is 2. The molecule has 0 unspecified atom stereocenters. The highest BCUT2D eigenvalue weighted by molar-refractivity contribution is 5.05. The second-order valence-corrected chi connectivity index (χ2v) is 2.88. The Morgan fingerprint density at radius 2 is 1.80 bits per heavy atom. The summed E-state index contributed by atoms with van der Waals surface area (Å²) in [6.45, 7) is 7.52. The van der Waals surface area contributed by atoms with Gasteiger partial charge in [0, 0.05) is 25.2 Å². The first kappa shape index (κ1) is 8.02. The van der Waals surface area contributed by atoms with Gasteiger partial charge in [0.1, 0.15) is 0 Å². The summed E-state index contributed by atoms with van der Waals surface area (Å²) in [7, 11) is 0. The van der Waals surface area contributed by atoms with E-state index in [0.29, 0.717) is 5.54 Å². The molecule has 10 heavy (non-hydrogen) atoms. The molecular weight excluding hydrogens is 124 g/mol. The Hall–Kier alpha value is -0.0800. The van der Waals surface area contributed by atoms with Crippen LogP contribution in [0.25, 0.3) is 0 Å². The molecule has 1 saturated carbocycles. The summed E-state index contributed by atoms with van der Waals surface area (Å²) in [5, 5.41) is 6.88. The third-order valence-electron chi connectivity index (χ3n) is 2.12. The summed E-state index contributed by atoms with van der Waals surface area (Å²) in [6, 6.07) is 0. The van der Waals surface area contributed by atoms with Gasteiger partial charge in [-0.15, -0.1) is 0 Å². The molecule has 0 amide bonds. The van der Waals surface area contributed by atoms with E-state index in [0.717, 1.165) is 6.54 Å². The maximum Gasteiger partial charge on any atom is 0.0308 e. The Balaban J connectivity index is 0.000000231. The van der Waals surface area contributed by atoms with Crippen LogP contribution in [0.15, 0.2) is 0 Å². The van der Waals surface area contributed by atoms with Gasteiger partial charge in [0.05, 0.1) is 0 Å². The van der Waals surface area contributed by atoms with E-state index >= 15 is 0 Å². The lowest BCUT2D eigenvalue weighted by Crippen LogP contribution is -2.50. The predicted octanol–water partition coefficient (Wildman–Crippen LogP) is 0.738. The molecule has 2 rings (SSSR count). The second-order valence-electron chi connectivity index (χ2n) is 2.88. The molecule has 2 nitrogen and oxygen atoms in total. The zero-order valence-electron chi connectivity index (χ0n) is 7.04. The van der Waals surface area contributed by atoms with Gasteiger partial charge in [-0.3, -0.25) is 0 Å². The maximum absolute atomic E-state index is 3.51. The van der Waals surface area contributed by atoms with Crippen LogP contribution < -0.4 is 10.6 Å². The van der Waals surface area contributed by atoms with Crippen LogP contribution in [-0.2, 0) is 0 Å². The number of hydrogen-bond acceptors (Lipinski definition) is 2. The van der Waals surface area contributed by atoms with Crippen LogP contribution in [0, 0.1) is 0 Å². The first-order chi connectivity index (χ1) is 4.91. The highest BCUT2D eigenvalue weighted by atomic mass is 15.1. The predicted molar refractivity (Wildman–Crippen MR) is 44.2 cm³/mol. The van der Waals surface area contributed by atoms with E-state index in [1.807, 2.05) is 13.8 Å². The van der Waals surface area contributed by atoms with Crippen molar-refractivity contribution in [2.24, 2.45) is 0 Å². The summed E-state index contributed by atoms with van der Waals surface area (Å²) in [6.07, 6.45) is 2.78. The minimum Gasteiger partial charge on any atom is -0.314 e. The fraction of sp³-hybridized carbons (Fsp3) is 1.00. The van der Waals surface area contributed by atoms with E-state index in [1.165, 1.54) is 25.9 Å². The van der Waals surface area contributed by atoms with E-state index < -0.39 is 0 Å². The third kappa shape index (κ3) is 1.70. The van der Waals surface area contributed by atoms with E-state index in [1.54, 1.807) is 0 Å². The molecule has 1 aliphatic carbocycles. The molecule has 1 aliphatic heterocycles. The van der Waals surface area contributed by atoms with E-state index in [-0.39, 0.29) is 0 Å². The number of rotatable bonds is 0. The van der Waals surface area contributed by atoms with Gasteiger partial charge >= 0.3 is 0 Å². The van der Waals surface area contributed by atoms with Gasteiger partial charge in [-0.1, -0.05) is 13.8 Å². The van der Waals surface area contributed by atoms with Crippen molar-refractivity contribution in [2.75, 3.05) is 19.6 Å². The van der Waals surface area contributed by atoms with Crippen LogP contribution in [0.3, 0.4) is 0 Å². The first-order valence-electron chi connectivity index (χ1n) is 4.37. The monoisotopic (exact) mass is 142 g/mol. The van der Waals surface area contributed by atoms with Gasteiger partial charge < -0.3 is 10.6 Å². The Morgan fingerprint density at radius 1 is 1.10 bits per heavy atom. The lowest BCUT2D eigenvalue weighted by molar-refractivity contribution is 0.403. The Morgan fingerprint density at radius 3 is 2.10 bits per heavy atom. The quantitative estimate of drug-likeness (QED) is 0.521. The third-order valence-corrected chi connectivity index (χ3v) is 2.12. The van der Waals surface area contributed by atoms with Crippen molar-refractivity contribution in [1.82, 2.24) is 10.6 Å². The van der Waals surface area contributed by atoms with Gasteiger partial charge in [0.25, 0.3) is 0 Å². The second kappa shape index (κ2) is 3.35. The smallest absolute Gasteiger partial charge is 0.0308 e. The molecule has 0 radical (unpaired) electrons. The normalized spacial score (nSPS) is 27.0. The lowest BCUT2D eigenvalue weighted by Gasteiger charge is -2.23. The van der Waals surface area contributed by atoms with Gasteiger partial charge in [-0.25, -0.2) is 0 Å². The van der Waals surface area contributed by atoms with Gasteiger partial charge in [-0.2, -0.15) is 0 Å². The SMILES string of the molecule is C1CNC2(CC2)CN1.CC. The van der Waals surface area contributed by atoms with Crippen molar-refractivity contribution < 1.29 is 0 Å². The van der Waals surface area contributed by atoms with Gasteiger partial charge in [0.2, 0.25) is 0 Å². The molecule has 0 aromatic rings. The maximum atomic E-state index is 3.51. The zero-order chi connectivity index (χ0) is 7.45. The van der Waals surface area contributed by atoms with Gasteiger partial charge in [-0.05, 0) is 12.8 Å². The van der Waals surface area contributed by atoms with Crippen LogP contribution >= 0.6 is 0 Å². The fourth-order valence-corrected chi connectivity index (χ4v) is 1.31. The van der Waals surface area contributed by atoms with Crippen LogP contribution in [-0.4, -0.2) is 25.2 Å². The van der Waals surface area contributed by atoms with E-state index in [2.05, 4.69) is 10.6 Å². The average Bonchev–Trinajstić information content (AvgIpc) is 2.75. The van der Waals surface area contributed by atoms with Crippen molar-refractivity contribution in [2.45, 2.75) is 32.2 Å². The molecule has 2 fully saturated rings. The zero-order valence-corrected chi connectivity index (χ0v) is 7.04. The van der Waals surface area contributed by atoms with Crippen LogP contribution in [0.5, 0.6) is 0 Å². The minimum absolute atomic E-state index is 0.568. The molecule has 0 aromatic heterocycles. The highest BCUT2D eigenvalue weighted by Crippen LogP contribution is 2.34. The Kier molecular flexibility index (Phi) is 2.69. The Labute approximate surface area is 63.4 Å². The van der Waals surface area contributed by atoms with Gasteiger partial charge in [0.15, 0.2) is 0 Å². The molecule has 2 heteroatoms. The standard InChI is InChI=1S/C6H12N2.C2H6/c1-2-6(1)5-7-3-4-8-6;1-2/h7-8H,1-5H2;1-2H3. The van der Waals surface area contributed by atoms with Crippen LogP contribution in [0.4, 0.5) is 0 Å². The van der Waals surface area contributed by atoms with Crippen LogP contribution in [0.1, 0.15) is 26.7 Å². The lowest BCUT2D eigenvalue weighted by atomic mass is 10.2. The van der Waals surface area contributed by atoms with Crippen molar-refractivity contribution >= 4 is 0 Å². The molecule has 1 spiro atoms. The Bertz CT molecular complexity index is 89.4. The molecule has 60 valence electrons. The number of piperazine rings is 1. The topological polar surface area (TPSA) is 24.1 Å².